The van der Waals surface area contributed by atoms with Gasteiger partial charge in [0.25, 0.3) is 5.91 Å². The van der Waals surface area contributed by atoms with E-state index in [1.165, 1.54) is 17.9 Å². The van der Waals surface area contributed by atoms with Crippen molar-refractivity contribution in [3.05, 3.63) is 65.6 Å². The van der Waals surface area contributed by atoms with Crippen molar-refractivity contribution in [2.24, 2.45) is 11.8 Å². The quantitative estimate of drug-likeness (QED) is 0.532. The molecule has 1 N–H and O–H groups in total. The number of fused-ring (bicyclic) bond motifs is 3. The summed E-state index contributed by atoms with van der Waals surface area (Å²) in [4.78, 5) is 68.6. The molecule has 1 aromatic heterocycles. The molecule has 220 valence electrons. The van der Waals surface area contributed by atoms with Gasteiger partial charge in [-0.15, -0.1) is 0 Å². The number of allylic oxidation sites excluding steroid dienone is 2. The second-order valence-electron chi connectivity index (χ2n) is 10.4. The molecule has 0 saturated heterocycles. The van der Waals surface area contributed by atoms with Gasteiger partial charge in [-0.1, -0.05) is 50.6 Å². The van der Waals surface area contributed by atoms with Crippen molar-refractivity contribution in [1.82, 2.24) is 15.2 Å². The number of ketones is 1. The van der Waals surface area contributed by atoms with Crippen LogP contribution in [0.5, 0.6) is 0 Å². The lowest BCUT2D eigenvalue weighted by molar-refractivity contribution is -0.150. The lowest BCUT2D eigenvalue weighted by Crippen LogP contribution is -2.36. The van der Waals surface area contributed by atoms with Gasteiger partial charge in [0.15, 0.2) is 5.69 Å². The summed E-state index contributed by atoms with van der Waals surface area (Å²) >= 11 is 0. The standard InChI is InChI=1S/C30H37N3O8/c1-18(2)28-20(4)10-11-26(36)31-12-6-8-19(3)14-23(40-21(5)34)15-22(35)16-27-32-24(17-39-27)29(37)33-13-7-9-25(33)30(38)41-28/h6,8-11,14,17-18,20,23,28H,7,12-13,15-16H2,1-5H3,(H,31,36)/b8-6+,11-10+,19-14+/t20-,23-,28?/m1/s1. The van der Waals surface area contributed by atoms with Crippen molar-refractivity contribution in [3.8, 4) is 0 Å². The number of hydrogen-bond acceptors (Lipinski definition) is 9. The zero-order valence-corrected chi connectivity index (χ0v) is 24.0. The van der Waals surface area contributed by atoms with Gasteiger partial charge in [0, 0.05) is 32.4 Å². The summed E-state index contributed by atoms with van der Waals surface area (Å²) in [5.74, 6) is -2.71. The molecule has 2 aliphatic heterocycles. The van der Waals surface area contributed by atoms with Crippen LogP contribution in [0.15, 0.2) is 58.4 Å². The Kier molecular flexibility index (Phi) is 11.0. The molecule has 0 aliphatic carbocycles. The summed E-state index contributed by atoms with van der Waals surface area (Å²) in [6, 6.07) is 0. The van der Waals surface area contributed by atoms with Gasteiger partial charge in [-0.3, -0.25) is 19.2 Å². The lowest BCUT2D eigenvalue weighted by Gasteiger charge is -2.27. The van der Waals surface area contributed by atoms with Crippen molar-refractivity contribution in [2.75, 3.05) is 13.1 Å². The number of nitrogens with one attached hydrogen (secondary N) is 1. The molecule has 2 amide bonds. The van der Waals surface area contributed by atoms with Crippen LogP contribution < -0.4 is 5.32 Å². The SMILES string of the molecule is CC(=O)O[C@@H]1/C=C(C)/C=C/CNC(=O)/C=C/[C@@H](C)C(C(C)C)OC(=O)C2=CCCN2C(=O)c2coc(n2)CC(=O)C1. The highest BCUT2D eigenvalue weighted by Gasteiger charge is 2.33. The van der Waals surface area contributed by atoms with Crippen LogP contribution >= 0.6 is 0 Å². The fourth-order valence-electron chi connectivity index (χ4n) is 4.60. The summed E-state index contributed by atoms with van der Waals surface area (Å²) < 4.78 is 16.5. The summed E-state index contributed by atoms with van der Waals surface area (Å²) in [6.45, 7) is 9.20. The van der Waals surface area contributed by atoms with E-state index in [0.717, 1.165) is 11.8 Å². The van der Waals surface area contributed by atoms with E-state index in [1.54, 1.807) is 37.3 Å². The number of hydrogen-bond donors (Lipinski definition) is 1. The first-order valence-corrected chi connectivity index (χ1v) is 13.6. The van der Waals surface area contributed by atoms with Crippen molar-refractivity contribution in [2.45, 2.75) is 66.1 Å². The molecular weight excluding hydrogens is 530 g/mol. The molecule has 11 nitrogen and oxygen atoms in total. The minimum atomic E-state index is -0.821. The maximum atomic E-state index is 13.2. The molecule has 2 bridgehead atoms. The average Bonchev–Trinajstić information content (AvgIpc) is 3.57. The normalized spacial score (nSPS) is 26.3. The van der Waals surface area contributed by atoms with Crippen molar-refractivity contribution < 1.29 is 37.9 Å². The van der Waals surface area contributed by atoms with Gasteiger partial charge in [0.1, 0.15) is 30.0 Å². The molecule has 11 heteroatoms. The topological polar surface area (TPSA) is 145 Å². The van der Waals surface area contributed by atoms with Crippen LogP contribution in [0.25, 0.3) is 0 Å². The second kappa shape index (κ2) is 14.4. The van der Waals surface area contributed by atoms with Crippen LogP contribution in [-0.2, 0) is 35.1 Å². The maximum Gasteiger partial charge on any atom is 0.355 e. The molecule has 0 aromatic carbocycles. The fraction of sp³-hybridized carbons (Fsp3) is 0.467. The number of cyclic esters (lactones) is 1. The first kappa shape index (κ1) is 31.3. The largest absolute Gasteiger partial charge is 0.458 e. The Bertz CT molecular complexity index is 1290. The predicted octanol–water partition coefficient (Wildman–Crippen LogP) is 3.23. The smallest absolute Gasteiger partial charge is 0.355 e. The Morgan fingerprint density at radius 3 is 2.66 bits per heavy atom. The van der Waals surface area contributed by atoms with Crippen LogP contribution in [-0.4, -0.2) is 64.7 Å². The summed E-state index contributed by atoms with van der Waals surface area (Å²) in [5, 5.41) is 2.75. The van der Waals surface area contributed by atoms with E-state index in [-0.39, 0.29) is 66.7 Å². The number of esters is 2. The fourth-order valence-corrected chi connectivity index (χ4v) is 4.60. The van der Waals surface area contributed by atoms with Gasteiger partial charge in [0.05, 0.1) is 6.42 Å². The molecule has 0 radical (unpaired) electrons. The Labute approximate surface area is 239 Å². The summed E-state index contributed by atoms with van der Waals surface area (Å²) in [6.07, 6.45) is 9.73. The minimum absolute atomic E-state index is 0.0300. The van der Waals surface area contributed by atoms with E-state index in [9.17, 15) is 24.0 Å². The minimum Gasteiger partial charge on any atom is -0.458 e. The van der Waals surface area contributed by atoms with Crippen molar-refractivity contribution in [3.63, 3.8) is 0 Å². The zero-order valence-electron chi connectivity index (χ0n) is 24.0. The van der Waals surface area contributed by atoms with Crippen molar-refractivity contribution in [1.29, 1.82) is 0 Å². The van der Waals surface area contributed by atoms with Gasteiger partial charge in [-0.25, -0.2) is 9.78 Å². The molecule has 3 atom stereocenters. The molecule has 2 aliphatic rings. The Morgan fingerprint density at radius 1 is 1.20 bits per heavy atom. The number of nitrogens with zero attached hydrogens (tertiary/aromatic N) is 2. The number of amides is 2. The highest BCUT2D eigenvalue weighted by molar-refractivity contribution is 6.00. The van der Waals surface area contributed by atoms with Crippen LogP contribution in [0.1, 0.15) is 63.8 Å². The van der Waals surface area contributed by atoms with Crippen LogP contribution in [0.3, 0.4) is 0 Å². The van der Waals surface area contributed by atoms with E-state index in [0.29, 0.717) is 6.42 Å². The number of rotatable bonds is 2. The van der Waals surface area contributed by atoms with E-state index < -0.39 is 30.1 Å². The third-order valence-electron chi connectivity index (χ3n) is 6.49. The van der Waals surface area contributed by atoms with Crippen molar-refractivity contribution >= 4 is 29.5 Å². The Morgan fingerprint density at radius 2 is 1.95 bits per heavy atom. The van der Waals surface area contributed by atoms with Gasteiger partial charge in [-0.05, 0) is 31.4 Å². The molecule has 0 fully saturated rings. The van der Waals surface area contributed by atoms with Crippen LogP contribution in [0.2, 0.25) is 0 Å². The first-order chi connectivity index (χ1) is 19.4. The molecule has 1 aromatic rings. The molecular formula is C30H37N3O8. The van der Waals surface area contributed by atoms with Crippen LogP contribution in [0.4, 0.5) is 0 Å². The zero-order chi connectivity index (χ0) is 30.1. The van der Waals surface area contributed by atoms with Gasteiger partial charge in [-0.2, -0.15) is 0 Å². The Balaban J connectivity index is 1.90. The van der Waals surface area contributed by atoms with Crippen LogP contribution in [0, 0.1) is 11.8 Å². The average molecular weight is 568 g/mol. The summed E-state index contributed by atoms with van der Waals surface area (Å²) in [7, 11) is 0. The van der Waals surface area contributed by atoms with E-state index in [1.807, 2.05) is 20.8 Å². The number of carbonyl (C=O) groups excluding carboxylic acids is 5. The molecule has 0 spiro atoms. The van der Waals surface area contributed by atoms with Gasteiger partial charge in [0.2, 0.25) is 11.8 Å². The molecule has 41 heavy (non-hydrogen) atoms. The highest BCUT2D eigenvalue weighted by Crippen LogP contribution is 2.24. The number of carbonyl (C=O) groups is 5. The molecule has 3 rings (SSSR count). The van der Waals surface area contributed by atoms with E-state index in [4.69, 9.17) is 13.9 Å². The summed E-state index contributed by atoms with van der Waals surface area (Å²) in [5.41, 5.74) is 0.777. The second-order valence-corrected chi connectivity index (χ2v) is 10.4. The number of oxazole rings is 1. The Hall–Kier alpha value is -4.28. The number of aromatic nitrogens is 1. The number of Topliss-reactive ketones (excluding diaryl/α,β-unsaturated/α-hetero) is 1. The predicted molar refractivity (Wildman–Crippen MR) is 148 cm³/mol. The van der Waals surface area contributed by atoms with E-state index in [2.05, 4.69) is 10.3 Å². The van der Waals surface area contributed by atoms with E-state index >= 15 is 0 Å². The molecule has 3 heterocycles. The lowest BCUT2D eigenvalue weighted by atomic mass is 9.94. The van der Waals surface area contributed by atoms with Gasteiger partial charge >= 0.3 is 11.9 Å². The highest BCUT2D eigenvalue weighted by atomic mass is 16.5. The maximum absolute atomic E-state index is 13.2. The van der Waals surface area contributed by atoms with Gasteiger partial charge < -0.3 is 24.1 Å². The molecule has 0 saturated carbocycles. The third kappa shape index (κ3) is 9.12. The third-order valence-corrected chi connectivity index (χ3v) is 6.49. The molecule has 1 unspecified atom stereocenters. The number of ether oxygens (including phenoxy) is 2. The first-order valence-electron chi connectivity index (χ1n) is 13.6. The monoisotopic (exact) mass is 567 g/mol.